The first kappa shape index (κ1) is 11.4. The fourth-order valence-electron chi connectivity index (χ4n) is 1.62. The number of aromatic carboxylic acids is 1. The van der Waals surface area contributed by atoms with E-state index >= 15 is 0 Å². The van der Waals surface area contributed by atoms with Crippen molar-refractivity contribution in [1.82, 2.24) is 0 Å². The van der Waals surface area contributed by atoms with Crippen molar-refractivity contribution >= 4 is 34.2 Å². The third kappa shape index (κ3) is 2.05. The molecular formula is C10H10ClNO3S. The third-order valence-corrected chi connectivity index (χ3v) is 4.25. The zero-order valence-electron chi connectivity index (χ0n) is 8.35. The van der Waals surface area contributed by atoms with Gasteiger partial charge in [0.15, 0.2) is 0 Å². The summed E-state index contributed by atoms with van der Waals surface area (Å²) in [5.74, 6) is -0.442. The maximum Gasteiger partial charge on any atom is 0.337 e. The van der Waals surface area contributed by atoms with E-state index in [9.17, 15) is 9.00 Å². The van der Waals surface area contributed by atoms with Crippen molar-refractivity contribution in [2.45, 2.75) is 6.42 Å². The van der Waals surface area contributed by atoms with Crippen LogP contribution in [-0.4, -0.2) is 27.6 Å². The Kier molecular flexibility index (Phi) is 3.16. The highest BCUT2D eigenvalue weighted by molar-refractivity contribution is 7.86. The third-order valence-electron chi connectivity index (χ3n) is 2.39. The largest absolute Gasteiger partial charge is 0.478 e. The lowest BCUT2D eigenvalue weighted by molar-refractivity contribution is 0.0697. The molecule has 0 radical (unpaired) electrons. The molecule has 0 amide bonds. The van der Waals surface area contributed by atoms with E-state index in [0.717, 1.165) is 6.42 Å². The molecule has 1 aliphatic rings. The average molecular weight is 260 g/mol. The van der Waals surface area contributed by atoms with Crippen LogP contribution in [0.25, 0.3) is 0 Å². The van der Waals surface area contributed by atoms with E-state index < -0.39 is 17.0 Å². The van der Waals surface area contributed by atoms with Crippen LogP contribution in [0, 0.1) is 0 Å². The van der Waals surface area contributed by atoms with Gasteiger partial charge in [-0.2, -0.15) is 0 Å². The fraction of sp³-hybridized carbons (Fsp3) is 0.300. The Labute approximate surface area is 100 Å². The van der Waals surface area contributed by atoms with Gasteiger partial charge in [-0.25, -0.2) is 9.00 Å². The minimum atomic E-state index is -1.07. The lowest BCUT2D eigenvalue weighted by Gasteiger charge is -2.16. The monoisotopic (exact) mass is 259 g/mol. The molecule has 1 aromatic carbocycles. The number of hydrogen-bond donors (Lipinski definition) is 1. The zero-order chi connectivity index (χ0) is 11.7. The molecule has 1 aliphatic heterocycles. The molecule has 0 aromatic heterocycles. The van der Waals surface area contributed by atoms with Crippen LogP contribution in [0.4, 0.5) is 5.69 Å². The zero-order valence-corrected chi connectivity index (χ0v) is 9.92. The number of carboxylic acid groups (broad SMARTS) is 1. The summed E-state index contributed by atoms with van der Waals surface area (Å²) in [4.78, 5) is 10.9. The van der Waals surface area contributed by atoms with Gasteiger partial charge in [0, 0.05) is 12.3 Å². The standard InChI is InChI=1S/C10H10ClNO3S/c11-9-3-2-7(6-8(9)10(13)14)12-4-1-5-16(12)15/h2-3,6H,1,4-5H2,(H,13,14). The number of anilines is 1. The molecule has 4 nitrogen and oxygen atoms in total. The second-order valence-corrected chi connectivity index (χ2v) is 5.35. The molecule has 1 atom stereocenters. The van der Waals surface area contributed by atoms with Gasteiger partial charge < -0.3 is 5.11 Å². The van der Waals surface area contributed by atoms with Crippen LogP contribution in [0.3, 0.4) is 0 Å². The van der Waals surface area contributed by atoms with Crippen molar-refractivity contribution in [2.75, 3.05) is 16.6 Å². The average Bonchev–Trinajstić information content (AvgIpc) is 2.65. The van der Waals surface area contributed by atoms with Gasteiger partial charge >= 0.3 is 5.97 Å². The number of rotatable bonds is 2. The molecular weight excluding hydrogens is 250 g/mol. The summed E-state index contributed by atoms with van der Waals surface area (Å²) >= 11 is 5.76. The van der Waals surface area contributed by atoms with Gasteiger partial charge in [-0.15, -0.1) is 0 Å². The Morgan fingerprint density at radius 1 is 1.50 bits per heavy atom. The van der Waals surface area contributed by atoms with Gasteiger partial charge in [0.2, 0.25) is 0 Å². The Morgan fingerprint density at radius 3 is 2.81 bits per heavy atom. The van der Waals surface area contributed by atoms with Crippen LogP contribution in [0.1, 0.15) is 16.8 Å². The van der Waals surface area contributed by atoms with Crippen molar-refractivity contribution in [3.63, 3.8) is 0 Å². The van der Waals surface area contributed by atoms with E-state index in [2.05, 4.69) is 0 Å². The molecule has 1 fully saturated rings. The van der Waals surface area contributed by atoms with E-state index in [1.165, 1.54) is 12.1 Å². The number of benzene rings is 1. The Hall–Kier alpha value is -1.07. The molecule has 0 saturated carbocycles. The maximum atomic E-state index is 11.6. The van der Waals surface area contributed by atoms with Crippen molar-refractivity contribution < 1.29 is 14.1 Å². The Balaban J connectivity index is 2.39. The van der Waals surface area contributed by atoms with Crippen LogP contribution >= 0.6 is 11.6 Å². The molecule has 16 heavy (non-hydrogen) atoms. The number of halogens is 1. The van der Waals surface area contributed by atoms with Gasteiger partial charge in [-0.3, -0.25) is 4.31 Å². The fourth-order valence-corrected chi connectivity index (χ4v) is 3.10. The van der Waals surface area contributed by atoms with Crippen LogP contribution in [0.15, 0.2) is 18.2 Å². The van der Waals surface area contributed by atoms with Crippen molar-refractivity contribution in [3.05, 3.63) is 28.8 Å². The van der Waals surface area contributed by atoms with Crippen molar-refractivity contribution in [2.24, 2.45) is 0 Å². The molecule has 1 N–H and O–H groups in total. The molecule has 86 valence electrons. The molecule has 1 aromatic rings. The normalized spacial score (nSPS) is 20.1. The summed E-state index contributed by atoms with van der Waals surface area (Å²) in [6.07, 6.45) is 0.859. The number of hydrogen-bond acceptors (Lipinski definition) is 2. The number of carboxylic acids is 1. The minimum Gasteiger partial charge on any atom is -0.478 e. The van der Waals surface area contributed by atoms with Crippen molar-refractivity contribution in [1.29, 1.82) is 0 Å². The second kappa shape index (κ2) is 4.43. The maximum absolute atomic E-state index is 11.6. The summed E-state index contributed by atoms with van der Waals surface area (Å²) in [5, 5.41) is 9.12. The Morgan fingerprint density at radius 2 is 2.25 bits per heavy atom. The molecule has 0 bridgehead atoms. The minimum absolute atomic E-state index is 0.0445. The number of carbonyl (C=O) groups is 1. The first-order valence-corrected chi connectivity index (χ1v) is 6.44. The first-order valence-electron chi connectivity index (χ1n) is 4.78. The smallest absolute Gasteiger partial charge is 0.337 e. The topological polar surface area (TPSA) is 57.6 Å². The molecule has 2 rings (SSSR count). The van der Waals surface area contributed by atoms with Gasteiger partial charge in [0.1, 0.15) is 11.0 Å². The summed E-state index contributed by atoms with van der Waals surface area (Å²) in [7, 11) is -1.04. The van der Waals surface area contributed by atoms with Crippen LogP contribution in [0.2, 0.25) is 5.02 Å². The van der Waals surface area contributed by atoms with E-state index in [4.69, 9.17) is 16.7 Å². The number of nitrogens with zero attached hydrogens (tertiary/aromatic N) is 1. The quantitative estimate of drug-likeness (QED) is 0.883. The molecule has 1 heterocycles. The second-order valence-electron chi connectivity index (χ2n) is 3.45. The van der Waals surface area contributed by atoms with E-state index in [-0.39, 0.29) is 10.6 Å². The highest BCUT2D eigenvalue weighted by atomic mass is 35.5. The van der Waals surface area contributed by atoms with E-state index in [0.29, 0.717) is 18.0 Å². The molecule has 0 aliphatic carbocycles. The highest BCUT2D eigenvalue weighted by Gasteiger charge is 2.21. The van der Waals surface area contributed by atoms with Gasteiger partial charge in [0.05, 0.1) is 16.3 Å². The van der Waals surface area contributed by atoms with Gasteiger partial charge in [-0.05, 0) is 24.6 Å². The molecule has 1 saturated heterocycles. The highest BCUT2D eigenvalue weighted by Crippen LogP contribution is 2.26. The summed E-state index contributed by atoms with van der Waals surface area (Å²) in [6.45, 7) is 0.688. The van der Waals surface area contributed by atoms with Crippen LogP contribution in [0.5, 0.6) is 0 Å². The SMILES string of the molecule is O=C(O)c1cc(N2CCCS2=O)ccc1Cl. The summed E-state index contributed by atoms with van der Waals surface area (Å²) in [5.41, 5.74) is 0.695. The predicted molar refractivity (Wildman–Crippen MR) is 63.4 cm³/mol. The molecule has 0 spiro atoms. The van der Waals surface area contributed by atoms with Crippen LogP contribution in [-0.2, 0) is 11.0 Å². The van der Waals surface area contributed by atoms with Gasteiger partial charge in [0.25, 0.3) is 0 Å². The van der Waals surface area contributed by atoms with Crippen LogP contribution < -0.4 is 4.31 Å². The summed E-state index contributed by atoms with van der Waals surface area (Å²) in [6, 6.07) is 4.68. The molecule has 6 heteroatoms. The summed E-state index contributed by atoms with van der Waals surface area (Å²) < 4.78 is 13.3. The van der Waals surface area contributed by atoms with E-state index in [1.807, 2.05) is 0 Å². The predicted octanol–water partition coefficient (Wildman–Crippen LogP) is 1.91. The lowest BCUT2D eigenvalue weighted by atomic mass is 10.2. The molecule has 1 unspecified atom stereocenters. The van der Waals surface area contributed by atoms with Gasteiger partial charge in [-0.1, -0.05) is 11.6 Å². The lowest BCUT2D eigenvalue weighted by Crippen LogP contribution is -2.19. The van der Waals surface area contributed by atoms with E-state index in [1.54, 1.807) is 10.4 Å². The Bertz CT molecular complexity index is 463. The van der Waals surface area contributed by atoms with Crippen molar-refractivity contribution in [3.8, 4) is 0 Å². The first-order chi connectivity index (χ1) is 7.59.